The SMILES string of the molecule is CCC(=O)C(C)Cc1nn(CC)c2ccccc12. The summed E-state index contributed by atoms with van der Waals surface area (Å²) in [5.74, 6) is 0.365. The second kappa shape index (κ2) is 5.34. The van der Waals surface area contributed by atoms with Gasteiger partial charge < -0.3 is 0 Å². The van der Waals surface area contributed by atoms with Gasteiger partial charge in [-0.2, -0.15) is 5.10 Å². The molecule has 0 spiro atoms. The number of aryl methyl sites for hydroxylation is 1. The Morgan fingerprint density at radius 2 is 2.06 bits per heavy atom. The van der Waals surface area contributed by atoms with Crippen LogP contribution in [0.4, 0.5) is 0 Å². The topological polar surface area (TPSA) is 34.9 Å². The minimum absolute atomic E-state index is 0.0543. The molecule has 1 heterocycles. The molecule has 18 heavy (non-hydrogen) atoms. The third-order valence-electron chi connectivity index (χ3n) is 3.43. The van der Waals surface area contributed by atoms with E-state index in [1.807, 2.05) is 30.7 Å². The second-order valence-corrected chi connectivity index (χ2v) is 4.70. The van der Waals surface area contributed by atoms with Crippen LogP contribution in [0.15, 0.2) is 24.3 Å². The smallest absolute Gasteiger partial charge is 0.135 e. The monoisotopic (exact) mass is 244 g/mol. The van der Waals surface area contributed by atoms with E-state index in [0.717, 1.165) is 24.2 Å². The first-order chi connectivity index (χ1) is 8.67. The van der Waals surface area contributed by atoms with Crippen molar-refractivity contribution in [2.45, 2.75) is 40.2 Å². The molecule has 1 aromatic carbocycles. The number of rotatable bonds is 5. The molecular weight excluding hydrogens is 224 g/mol. The van der Waals surface area contributed by atoms with Crippen molar-refractivity contribution in [1.82, 2.24) is 9.78 Å². The quantitative estimate of drug-likeness (QED) is 0.809. The number of Topliss-reactive ketones (excluding diaryl/α,β-unsaturated/α-hetero) is 1. The lowest BCUT2D eigenvalue weighted by atomic mass is 9.97. The van der Waals surface area contributed by atoms with Gasteiger partial charge >= 0.3 is 0 Å². The van der Waals surface area contributed by atoms with Crippen molar-refractivity contribution in [3.63, 3.8) is 0 Å². The maximum Gasteiger partial charge on any atom is 0.135 e. The maximum atomic E-state index is 11.7. The van der Waals surface area contributed by atoms with E-state index in [4.69, 9.17) is 0 Å². The molecule has 3 heteroatoms. The number of aromatic nitrogens is 2. The van der Waals surface area contributed by atoms with Gasteiger partial charge in [0.2, 0.25) is 0 Å². The van der Waals surface area contributed by atoms with Crippen LogP contribution in [0, 0.1) is 5.92 Å². The number of hydrogen-bond donors (Lipinski definition) is 0. The summed E-state index contributed by atoms with van der Waals surface area (Å²) in [6.07, 6.45) is 1.34. The summed E-state index contributed by atoms with van der Waals surface area (Å²) in [5, 5.41) is 5.80. The summed E-state index contributed by atoms with van der Waals surface area (Å²) in [7, 11) is 0. The molecule has 0 radical (unpaired) electrons. The number of hydrogen-bond acceptors (Lipinski definition) is 2. The molecule has 0 aliphatic rings. The highest BCUT2D eigenvalue weighted by Gasteiger charge is 2.16. The van der Waals surface area contributed by atoms with Crippen molar-refractivity contribution in [3.05, 3.63) is 30.0 Å². The summed E-state index contributed by atoms with van der Waals surface area (Å²) in [6.45, 7) is 6.85. The van der Waals surface area contributed by atoms with E-state index in [1.165, 1.54) is 5.39 Å². The van der Waals surface area contributed by atoms with Crippen molar-refractivity contribution in [2.24, 2.45) is 5.92 Å². The van der Waals surface area contributed by atoms with Gasteiger partial charge in [-0.05, 0) is 13.0 Å². The van der Waals surface area contributed by atoms with Crippen LogP contribution < -0.4 is 0 Å². The number of nitrogens with zero attached hydrogens (tertiary/aromatic N) is 2. The molecule has 96 valence electrons. The molecule has 2 rings (SSSR count). The summed E-state index contributed by atoms with van der Waals surface area (Å²) in [6, 6.07) is 8.23. The van der Waals surface area contributed by atoms with Gasteiger partial charge in [0.05, 0.1) is 11.2 Å². The molecule has 0 fully saturated rings. The first-order valence-corrected chi connectivity index (χ1v) is 6.64. The van der Waals surface area contributed by atoms with Crippen LogP contribution in [0.3, 0.4) is 0 Å². The summed E-state index contributed by atoms with van der Waals surface area (Å²) in [4.78, 5) is 11.7. The first-order valence-electron chi connectivity index (χ1n) is 6.64. The Labute approximate surface area is 108 Å². The Balaban J connectivity index is 2.36. The Morgan fingerprint density at radius 3 is 2.72 bits per heavy atom. The second-order valence-electron chi connectivity index (χ2n) is 4.70. The van der Waals surface area contributed by atoms with Gasteiger partial charge in [-0.25, -0.2) is 0 Å². The zero-order valence-corrected chi connectivity index (χ0v) is 11.3. The standard InChI is InChI=1S/C15H20N2O/c1-4-15(18)11(3)10-13-12-8-6-7-9-14(12)17(5-2)16-13/h6-9,11H,4-5,10H2,1-3H3. The Hall–Kier alpha value is -1.64. The van der Waals surface area contributed by atoms with Crippen molar-refractivity contribution in [3.8, 4) is 0 Å². The molecule has 1 unspecified atom stereocenters. The molecule has 0 aliphatic carbocycles. The molecule has 3 nitrogen and oxygen atoms in total. The molecule has 0 N–H and O–H groups in total. The van der Waals surface area contributed by atoms with E-state index in [-0.39, 0.29) is 5.92 Å². The van der Waals surface area contributed by atoms with Gasteiger partial charge in [0.15, 0.2) is 0 Å². The normalized spacial score (nSPS) is 12.8. The molecule has 0 amide bonds. The summed E-state index contributed by atoms with van der Waals surface area (Å²) >= 11 is 0. The number of ketones is 1. The Kier molecular flexibility index (Phi) is 3.80. The van der Waals surface area contributed by atoms with E-state index in [2.05, 4.69) is 24.2 Å². The highest BCUT2D eigenvalue weighted by atomic mass is 16.1. The van der Waals surface area contributed by atoms with Crippen molar-refractivity contribution in [1.29, 1.82) is 0 Å². The molecule has 2 aromatic rings. The van der Waals surface area contributed by atoms with Crippen LogP contribution in [0.25, 0.3) is 10.9 Å². The van der Waals surface area contributed by atoms with E-state index < -0.39 is 0 Å². The maximum absolute atomic E-state index is 11.7. The number of benzene rings is 1. The molecule has 1 aromatic heterocycles. The fourth-order valence-corrected chi connectivity index (χ4v) is 2.34. The van der Waals surface area contributed by atoms with Crippen molar-refractivity contribution in [2.75, 3.05) is 0 Å². The molecule has 1 atom stereocenters. The summed E-state index contributed by atoms with van der Waals surface area (Å²) in [5.41, 5.74) is 2.20. The Morgan fingerprint density at radius 1 is 1.33 bits per heavy atom. The molecule has 0 saturated heterocycles. The van der Waals surface area contributed by atoms with E-state index >= 15 is 0 Å². The first kappa shape index (κ1) is 12.8. The van der Waals surface area contributed by atoms with Crippen LogP contribution in [0.1, 0.15) is 32.9 Å². The average Bonchev–Trinajstić information content (AvgIpc) is 2.76. The minimum atomic E-state index is 0.0543. The fourth-order valence-electron chi connectivity index (χ4n) is 2.34. The molecular formula is C15H20N2O. The number of fused-ring (bicyclic) bond motifs is 1. The van der Waals surface area contributed by atoms with E-state index in [9.17, 15) is 4.79 Å². The average molecular weight is 244 g/mol. The van der Waals surface area contributed by atoms with Gasteiger partial charge in [-0.3, -0.25) is 9.48 Å². The van der Waals surface area contributed by atoms with Gasteiger partial charge in [-0.1, -0.05) is 32.0 Å². The van der Waals surface area contributed by atoms with Gasteiger partial charge in [0.25, 0.3) is 0 Å². The van der Waals surface area contributed by atoms with Crippen molar-refractivity contribution >= 4 is 16.7 Å². The van der Waals surface area contributed by atoms with Gasteiger partial charge in [0, 0.05) is 30.7 Å². The van der Waals surface area contributed by atoms with Crippen LogP contribution in [-0.2, 0) is 17.8 Å². The van der Waals surface area contributed by atoms with Crippen LogP contribution in [-0.4, -0.2) is 15.6 Å². The lowest BCUT2D eigenvalue weighted by Gasteiger charge is -2.06. The highest BCUT2D eigenvalue weighted by molar-refractivity contribution is 5.84. The number of para-hydroxylation sites is 1. The lowest BCUT2D eigenvalue weighted by molar-refractivity contribution is -0.122. The van der Waals surface area contributed by atoms with E-state index in [0.29, 0.717) is 12.2 Å². The van der Waals surface area contributed by atoms with Crippen molar-refractivity contribution < 1.29 is 4.79 Å². The molecule has 0 saturated carbocycles. The molecule has 0 aliphatic heterocycles. The fraction of sp³-hybridized carbons (Fsp3) is 0.467. The minimum Gasteiger partial charge on any atom is -0.299 e. The van der Waals surface area contributed by atoms with Gasteiger partial charge in [-0.15, -0.1) is 0 Å². The molecule has 0 bridgehead atoms. The Bertz CT molecular complexity index is 557. The lowest BCUT2D eigenvalue weighted by Crippen LogP contribution is -2.13. The predicted octanol–water partition coefficient (Wildman–Crippen LogP) is 3.21. The largest absolute Gasteiger partial charge is 0.299 e. The third kappa shape index (κ3) is 2.30. The van der Waals surface area contributed by atoms with Gasteiger partial charge in [0.1, 0.15) is 5.78 Å². The van der Waals surface area contributed by atoms with Crippen LogP contribution >= 0.6 is 0 Å². The van der Waals surface area contributed by atoms with Crippen LogP contribution in [0.5, 0.6) is 0 Å². The highest BCUT2D eigenvalue weighted by Crippen LogP contribution is 2.21. The number of carbonyl (C=O) groups is 1. The third-order valence-corrected chi connectivity index (χ3v) is 3.43. The zero-order chi connectivity index (χ0) is 13.1. The zero-order valence-electron chi connectivity index (χ0n) is 11.3. The van der Waals surface area contributed by atoms with Crippen LogP contribution in [0.2, 0.25) is 0 Å². The number of carbonyl (C=O) groups excluding carboxylic acids is 1. The summed E-state index contributed by atoms with van der Waals surface area (Å²) < 4.78 is 2.01. The van der Waals surface area contributed by atoms with E-state index in [1.54, 1.807) is 0 Å². The predicted molar refractivity (Wildman–Crippen MR) is 73.6 cm³/mol.